The van der Waals surface area contributed by atoms with Gasteiger partial charge in [-0.1, -0.05) is 36.8 Å². The standard InChI is InChI=1S/C15H20N2O/c16-11-13-7-4-8-14(13)17-15(18)10-9-12-5-2-1-3-6-12/h1-3,5-6,9-10,13-14H,4,7-8,11,16H2,(H,17,18). The maximum absolute atomic E-state index is 11.8. The molecule has 0 spiro atoms. The molecular weight excluding hydrogens is 224 g/mol. The molecule has 0 saturated heterocycles. The number of carbonyl (C=O) groups is 1. The van der Waals surface area contributed by atoms with Gasteiger partial charge in [-0.05, 0) is 36.9 Å². The van der Waals surface area contributed by atoms with E-state index >= 15 is 0 Å². The molecule has 2 atom stereocenters. The fourth-order valence-corrected chi connectivity index (χ4v) is 2.48. The van der Waals surface area contributed by atoms with E-state index in [1.54, 1.807) is 6.08 Å². The van der Waals surface area contributed by atoms with E-state index < -0.39 is 0 Å². The lowest BCUT2D eigenvalue weighted by Gasteiger charge is -2.18. The van der Waals surface area contributed by atoms with Gasteiger partial charge in [0.1, 0.15) is 0 Å². The summed E-state index contributed by atoms with van der Waals surface area (Å²) in [7, 11) is 0. The molecule has 3 N–H and O–H groups in total. The van der Waals surface area contributed by atoms with Crippen LogP contribution >= 0.6 is 0 Å². The second-order valence-corrected chi connectivity index (χ2v) is 4.79. The normalized spacial score (nSPS) is 23.4. The third-order valence-corrected chi connectivity index (χ3v) is 3.52. The zero-order valence-electron chi connectivity index (χ0n) is 10.5. The molecule has 1 aliphatic rings. The number of hydrogen-bond acceptors (Lipinski definition) is 2. The van der Waals surface area contributed by atoms with Crippen molar-refractivity contribution in [2.45, 2.75) is 25.3 Å². The van der Waals surface area contributed by atoms with Crippen LogP contribution in [0.3, 0.4) is 0 Å². The van der Waals surface area contributed by atoms with Crippen molar-refractivity contribution in [3.63, 3.8) is 0 Å². The zero-order chi connectivity index (χ0) is 12.8. The number of carbonyl (C=O) groups excluding carboxylic acids is 1. The van der Waals surface area contributed by atoms with E-state index in [2.05, 4.69) is 5.32 Å². The minimum atomic E-state index is -0.0239. The van der Waals surface area contributed by atoms with Gasteiger partial charge in [0.2, 0.25) is 5.91 Å². The highest BCUT2D eigenvalue weighted by Crippen LogP contribution is 2.24. The van der Waals surface area contributed by atoms with E-state index in [4.69, 9.17) is 5.73 Å². The van der Waals surface area contributed by atoms with Crippen LogP contribution in [0.25, 0.3) is 6.08 Å². The molecule has 0 heterocycles. The summed E-state index contributed by atoms with van der Waals surface area (Å²) in [6.45, 7) is 0.660. The fraction of sp³-hybridized carbons (Fsp3) is 0.400. The predicted molar refractivity (Wildman–Crippen MR) is 73.8 cm³/mol. The monoisotopic (exact) mass is 244 g/mol. The lowest BCUT2D eigenvalue weighted by Crippen LogP contribution is -2.39. The first-order valence-corrected chi connectivity index (χ1v) is 6.53. The van der Waals surface area contributed by atoms with Crippen molar-refractivity contribution >= 4 is 12.0 Å². The molecule has 96 valence electrons. The highest BCUT2D eigenvalue weighted by Gasteiger charge is 2.26. The summed E-state index contributed by atoms with van der Waals surface area (Å²) in [6.07, 6.45) is 6.77. The van der Waals surface area contributed by atoms with Gasteiger partial charge in [0.15, 0.2) is 0 Å². The Bertz CT molecular complexity index is 414. The minimum absolute atomic E-state index is 0.0239. The Morgan fingerprint density at radius 3 is 2.83 bits per heavy atom. The van der Waals surface area contributed by atoms with Crippen LogP contribution in [0.5, 0.6) is 0 Å². The maximum atomic E-state index is 11.8. The molecule has 0 bridgehead atoms. The van der Waals surface area contributed by atoms with Gasteiger partial charge in [0.25, 0.3) is 0 Å². The molecule has 1 aliphatic carbocycles. The van der Waals surface area contributed by atoms with E-state index in [1.807, 2.05) is 36.4 Å². The first-order valence-electron chi connectivity index (χ1n) is 6.53. The maximum Gasteiger partial charge on any atom is 0.244 e. The summed E-state index contributed by atoms with van der Waals surface area (Å²) in [6, 6.07) is 10.1. The average Bonchev–Trinajstić information content (AvgIpc) is 2.85. The van der Waals surface area contributed by atoms with Gasteiger partial charge in [-0.2, -0.15) is 0 Å². The SMILES string of the molecule is NCC1CCCC1NC(=O)C=Cc1ccccc1. The largest absolute Gasteiger partial charge is 0.349 e. The summed E-state index contributed by atoms with van der Waals surface area (Å²) in [4.78, 5) is 11.8. The lowest BCUT2D eigenvalue weighted by atomic mass is 10.0. The Kier molecular flexibility index (Phi) is 4.53. The van der Waals surface area contributed by atoms with Crippen molar-refractivity contribution in [2.75, 3.05) is 6.54 Å². The van der Waals surface area contributed by atoms with Crippen LogP contribution in [0.1, 0.15) is 24.8 Å². The number of nitrogens with one attached hydrogen (secondary N) is 1. The zero-order valence-corrected chi connectivity index (χ0v) is 10.5. The summed E-state index contributed by atoms with van der Waals surface area (Å²) in [5.41, 5.74) is 6.73. The third-order valence-electron chi connectivity index (χ3n) is 3.52. The predicted octanol–water partition coefficient (Wildman–Crippen LogP) is 1.94. The second kappa shape index (κ2) is 6.36. The Morgan fingerprint density at radius 1 is 1.33 bits per heavy atom. The molecule has 3 heteroatoms. The number of amides is 1. The molecule has 2 unspecified atom stereocenters. The van der Waals surface area contributed by atoms with Crippen LogP contribution in [-0.2, 0) is 4.79 Å². The lowest BCUT2D eigenvalue weighted by molar-refractivity contribution is -0.117. The molecule has 1 aromatic carbocycles. The summed E-state index contributed by atoms with van der Waals surface area (Å²) >= 11 is 0. The van der Waals surface area contributed by atoms with Gasteiger partial charge in [0.05, 0.1) is 0 Å². The smallest absolute Gasteiger partial charge is 0.244 e. The van der Waals surface area contributed by atoms with Gasteiger partial charge >= 0.3 is 0 Å². The number of nitrogens with two attached hydrogens (primary N) is 1. The molecule has 1 amide bonds. The molecule has 0 radical (unpaired) electrons. The Morgan fingerprint density at radius 2 is 2.11 bits per heavy atom. The summed E-state index contributed by atoms with van der Waals surface area (Å²) in [5, 5.41) is 3.04. The molecule has 3 nitrogen and oxygen atoms in total. The number of hydrogen-bond donors (Lipinski definition) is 2. The van der Waals surface area contributed by atoms with Crippen LogP contribution in [0.4, 0.5) is 0 Å². The first kappa shape index (κ1) is 12.8. The highest BCUT2D eigenvalue weighted by atomic mass is 16.1. The van der Waals surface area contributed by atoms with E-state index in [1.165, 1.54) is 0 Å². The molecule has 2 rings (SSSR count). The van der Waals surface area contributed by atoms with Gasteiger partial charge < -0.3 is 11.1 Å². The topological polar surface area (TPSA) is 55.1 Å². The van der Waals surface area contributed by atoms with Crippen molar-refractivity contribution in [1.82, 2.24) is 5.32 Å². The molecule has 18 heavy (non-hydrogen) atoms. The fourth-order valence-electron chi connectivity index (χ4n) is 2.48. The van der Waals surface area contributed by atoms with Crippen molar-refractivity contribution < 1.29 is 4.79 Å². The third kappa shape index (κ3) is 3.44. The van der Waals surface area contributed by atoms with Gasteiger partial charge in [-0.25, -0.2) is 0 Å². The molecule has 0 aliphatic heterocycles. The molecular formula is C15H20N2O. The van der Waals surface area contributed by atoms with Crippen LogP contribution < -0.4 is 11.1 Å². The van der Waals surface area contributed by atoms with Crippen LogP contribution in [0.2, 0.25) is 0 Å². The summed E-state index contributed by atoms with van der Waals surface area (Å²) in [5.74, 6) is 0.420. The number of rotatable bonds is 4. The molecule has 1 saturated carbocycles. The summed E-state index contributed by atoms with van der Waals surface area (Å²) < 4.78 is 0. The Balaban J connectivity index is 1.87. The van der Waals surface area contributed by atoms with E-state index in [-0.39, 0.29) is 11.9 Å². The average molecular weight is 244 g/mol. The second-order valence-electron chi connectivity index (χ2n) is 4.79. The first-order chi connectivity index (χ1) is 8.79. The van der Waals surface area contributed by atoms with Crippen molar-refractivity contribution in [3.05, 3.63) is 42.0 Å². The van der Waals surface area contributed by atoms with Gasteiger partial charge in [-0.3, -0.25) is 4.79 Å². The Hall–Kier alpha value is -1.61. The van der Waals surface area contributed by atoms with E-state index in [9.17, 15) is 4.79 Å². The van der Waals surface area contributed by atoms with E-state index in [0.717, 1.165) is 24.8 Å². The Labute approximate surface area is 108 Å². The van der Waals surface area contributed by atoms with Crippen LogP contribution in [-0.4, -0.2) is 18.5 Å². The molecule has 0 aromatic heterocycles. The van der Waals surface area contributed by atoms with Crippen molar-refractivity contribution in [2.24, 2.45) is 11.7 Å². The van der Waals surface area contributed by atoms with Crippen LogP contribution in [0, 0.1) is 5.92 Å². The highest BCUT2D eigenvalue weighted by molar-refractivity contribution is 5.91. The van der Waals surface area contributed by atoms with E-state index in [0.29, 0.717) is 12.5 Å². The minimum Gasteiger partial charge on any atom is -0.349 e. The quantitative estimate of drug-likeness (QED) is 0.795. The van der Waals surface area contributed by atoms with Gasteiger partial charge in [0, 0.05) is 12.1 Å². The molecule has 1 aromatic rings. The number of benzene rings is 1. The van der Waals surface area contributed by atoms with Crippen LogP contribution in [0.15, 0.2) is 36.4 Å². The van der Waals surface area contributed by atoms with Gasteiger partial charge in [-0.15, -0.1) is 0 Å². The van der Waals surface area contributed by atoms with Crippen molar-refractivity contribution in [1.29, 1.82) is 0 Å². The molecule has 1 fully saturated rings. The van der Waals surface area contributed by atoms with Crippen molar-refractivity contribution in [3.8, 4) is 0 Å².